The quantitative estimate of drug-likeness (QED) is 0.159. The highest BCUT2D eigenvalue weighted by Crippen LogP contribution is 2.37. The predicted molar refractivity (Wildman–Crippen MR) is 219 cm³/mol. The van der Waals surface area contributed by atoms with Crippen molar-refractivity contribution in [2.24, 2.45) is 0 Å². The molecule has 0 saturated carbocycles. The second-order valence-electron chi connectivity index (χ2n) is 13.1. The lowest BCUT2D eigenvalue weighted by atomic mass is 9.92. The predicted octanol–water partition coefficient (Wildman–Crippen LogP) is 12.0. The van der Waals surface area contributed by atoms with Gasteiger partial charge in [-0.15, -0.1) is 0 Å². The van der Waals surface area contributed by atoms with Crippen LogP contribution in [0.15, 0.2) is 201 Å². The molecule has 254 valence electrons. The summed E-state index contributed by atoms with van der Waals surface area (Å²) in [6.45, 7) is 0. The van der Waals surface area contributed by atoms with E-state index in [1.165, 1.54) is 5.56 Å². The monoisotopic (exact) mass is 691 g/mol. The zero-order valence-corrected chi connectivity index (χ0v) is 29.3. The van der Waals surface area contributed by atoms with E-state index in [0.717, 1.165) is 78.1 Å². The van der Waals surface area contributed by atoms with E-state index in [2.05, 4.69) is 148 Å². The molecule has 0 unspecified atom stereocenters. The van der Waals surface area contributed by atoms with Gasteiger partial charge in [0.1, 0.15) is 0 Å². The van der Waals surface area contributed by atoms with Crippen molar-refractivity contribution in [1.29, 1.82) is 0 Å². The van der Waals surface area contributed by atoms with Crippen LogP contribution >= 0.6 is 0 Å². The molecule has 0 amide bonds. The molecule has 9 rings (SSSR count). The van der Waals surface area contributed by atoms with Gasteiger partial charge in [-0.1, -0.05) is 103 Å². The molecule has 5 aromatic carbocycles. The van der Waals surface area contributed by atoms with Crippen LogP contribution in [0.5, 0.6) is 0 Å². The van der Waals surface area contributed by atoms with Crippen LogP contribution in [-0.4, -0.2) is 24.9 Å². The largest absolute Gasteiger partial charge is 0.265 e. The Bertz CT molecular complexity index is 2580. The lowest BCUT2D eigenvalue weighted by Gasteiger charge is -2.14. The Labute approximate surface area is 314 Å². The Hall–Kier alpha value is -7.37. The van der Waals surface area contributed by atoms with Crippen molar-refractivity contribution < 1.29 is 0 Å². The van der Waals surface area contributed by atoms with Crippen LogP contribution in [0.4, 0.5) is 0 Å². The molecule has 0 aliphatic rings. The van der Waals surface area contributed by atoms with Crippen LogP contribution < -0.4 is 0 Å². The maximum absolute atomic E-state index is 5.21. The highest BCUT2D eigenvalue weighted by Gasteiger charge is 2.15. The Morgan fingerprint density at radius 1 is 0.241 bits per heavy atom. The molecule has 54 heavy (non-hydrogen) atoms. The number of pyridine rings is 3. The smallest absolute Gasteiger partial charge is 0.160 e. The first-order valence-electron chi connectivity index (χ1n) is 17.9. The molecule has 5 nitrogen and oxygen atoms in total. The van der Waals surface area contributed by atoms with Crippen LogP contribution in [0.1, 0.15) is 0 Å². The maximum Gasteiger partial charge on any atom is 0.160 e. The van der Waals surface area contributed by atoms with Gasteiger partial charge < -0.3 is 0 Å². The average Bonchev–Trinajstić information content (AvgIpc) is 3.27. The molecule has 0 spiro atoms. The second-order valence-corrected chi connectivity index (χ2v) is 13.1. The third kappa shape index (κ3) is 6.94. The molecule has 9 aromatic rings. The highest BCUT2D eigenvalue weighted by atomic mass is 14.9. The summed E-state index contributed by atoms with van der Waals surface area (Å²) in [4.78, 5) is 23.3. The van der Waals surface area contributed by atoms with E-state index in [0.29, 0.717) is 5.82 Å². The van der Waals surface area contributed by atoms with Gasteiger partial charge in [-0.25, -0.2) is 9.97 Å². The minimum atomic E-state index is 0.640. The molecular formula is C49H33N5. The molecule has 0 saturated heterocycles. The van der Waals surface area contributed by atoms with Crippen LogP contribution in [0, 0.1) is 0 Å². The summed E-state index contributed by atoms with van der Waals surface area (Å²) in [6, 6.07) is 57.1. The van der Waals surface area contributed by atoms with Gasteiger partial charge in [0.2, 0.25) is 0 Å². The molecule has 0 bridgehead atoms. The fourth-order valence-corrected chi connectivity index (χ4v) is 6.77. The van der Waals surface area contributed by atoms with Gasteiger partial charge in [0.25, 0.3) is 0 Å². The van der Waals surface area contributed by atoms with E-state index in [4.69, 9.17) is 9.97 Å². The third-order valence-corrected chi connectivity index (χ3v) is 9.56. The molecule has 0 N–H and O–H groups in total. The molecule has 0 radical (unpaired) electrons. The molecule has 0 fully saturated rings. The van der Waals surface area contributed by atoms with Crippen LogP contribution in [0.25, 0.3) is 89.5 Å². The fraction of sp³-hybridized carbons (Fsp3) is 0. The van der Waals surface area contributed by atoms with Crippen molar-refractivity contribution in [1.82, 2.24) is 24.9 Å². The van der Waals surface area contributed by atoms with Gasteiger partial charge in [0.05, 0.1) is 11.4 Å². The van der Waals surface area contributed by atoms with E-state index >= 15 is 0 Å². The molecule has 4 heterocycles. The molecule has 0 aliphatic heterocycles. The summed E-state index contributed by atoms with van der Waals surface area (Å²) in [5.41, 5.74) is 15.6. The average molecular weight is 692 g/mol. The standard InChI is InChI=1S/C49H33N5/c1-2-8-34(9-3-1)35-16-18-36(19-17-35)47-31-48(54-49(53-47)37-20-24-50-25-21-37)46-29-44(40-12-4-10-38(26-40)42-14-6-22-51-32-42)28-45(30-46)41-13-5-11-39(27-41)43-15-7-23-52-33-43/h1-33H. The van der Waals surface area contributed by atoms with E-state index in [-0.39, 0.29) is 0 Å². The molecular weight excluding hydrogens is 659 g/mol. The number of benzene rings is 5. The Kier molecular flexibility index (Phi) is 8.86. The van der Waals surface area contributed by atoms with Gasteiger partial charge in [-0.3, -0.25) is 15.0 Å². The number of hydrogen-bond acceptors (Lipinski definition) is 5. The molecule has 5 heteroatoms. The van der Waals surface area contributed by atoms with Gasteiger partial charge >= 0.3 is 0 Å². The topological polar surface area (TPSA) is 64.5 Å². The summed E-state index contributed by atoms with van der Waals surface area (Å²) in [5, 5.41) is 0. The lowest BCUT2D eigenvalue weighted by molar-refractivity contribution is 1.18. The minimum absolute atomic E-state index is 0.640. The lowest BCUT2D eigenvalue weighted by Crippen LogP contribution is -1.97. The van der Waals surface area contributed by atoms with Gasteiger partial charge in [0, 0.05) is 65.0 Å². The highest BCUT2D eigenvalue weighted by molar-refractivity contribution is 5.84. The van der Waals surface area contributed by atoms with Crippen LogP contribution in [0.3, 0.4) is 0 Å². The first-order chi connectivity index (χ1) is 26.7. The Morgan fingerprint density at radius 2 is 0.685 bits per heavy atom. The van der Waals surface area contributed by atoms with E-state index < -0.39 is 0 Å². The number of nitrogens with zero attached hydrogens (tertiary/aromatic N) is 5. The van der Waals surface area contributed by atoms with E-state index in [1.54, 1.807) is 24.8 Å². The van der Waals surface area contributed by atoms with Crippen molar-refractivity contribution in [2.45, 2.75) is 0 Å². The van der Waals surface area contributed by atoms with Crippen molar-refractivity contribution in [3.63, 3.8) is 0 Å². The summed E-state index contributed by atoms with van der Waals surface area (Å²) in [5.74, 6) is 0.640. The van der Waals surface area contributed by atoms with Crippen molar-refractivity contribution in [2.75, 3.05) is 0 Å². The van der Waals surface area contributed by atoms with Gasteiger partial charge in [-0.05, 0) is 105 Å². The van der Waals surface area contributed by atoms with Gasteiger partial charge in [0.15, 0.2) is 5.82 Å². The van der Waals surface area contributed by atoms with Crippen molar-refractivity contribution in [3.8, 4) is 89.5 Å². The Morgan fingerprint density at radius 3 is 1.24 bits per heavy atom. The maximum atomic E-state index is 5.21. The van der Waals surface area contributed by atoms with Gasteiger partial charge in [-0.2, -0.15) is 0 Å². The zero-order chi connectivity index (χ0) is 36.1. The van der Waals surface area contributed by atoms with Crippen LogP contribution in [0.2, 0.25) is 0 Å². The third-order valence-electron chi connectivity index (χ3n) is 9.56. The SMILES string of the molecule is c1ccc(-c2ccc(-c3cc(-c4cc(-c5cccc(-c6cccnc6)c5)cc(-c5cccc(-c6cccnc6)c5)c4)nc(-c4ccncc4)n3)cc2)cc1. The summed E-state index contributed by atoms with van der Waals surface area (Å²) >= 11 is 0. The fourth-order valence-electron chi connectivity index (χ4n) is 6.77. The second kappa shape index (κ2) is 14.7. The summed E-state index contributed by atoms with van der Waals surface area (Å²) in [6.07, 6.45) is 11.0. The number of rotatable bonds is 8. The summed E-state index contributed by atoms with van der Waals surface area (Å²) in [7, 11) is 0. The first-order valence-corrected chi connectivity index (χ1v) is 17.9. The first kappa shape index (κ1) is 32.5. The van der Waals surface area contributed by atoms with Crippen LogP contribution in [-0.2, 0) is 0 Å². The molecule has 0 atom stereocenters. The zero-order valence-electron chi connectivity index (χ0n) is 29.3. The van der Waals surface area contributed by atoms with Crippen molar-refractivity contribution >= 4 is 0 Å². The molecule has 0 aliphatic carbocycles. The van der Waals surface area contributed by atoms with E-state index in [9.17, 15) is 0 Å². The van der Waals surface area contributed by atoms with Crippen molar-refractivity contribution in [3.05, 3.63) is 201 Å². The minimum Gasteiger partial charge on any atom is -0.265 e. The molecule has 4 aromatic heterocycles. The Balaban J connectivity index is 1.22. The normalized spacial score (nSPS) is 11.0. The number of hydrogen-bond donors (Lipinski definition) is 0. The summed E-state index contributed by atoms with van der Waals surface area (Å²) < 4.78 is 0. The van der Waals surface area contributed by atoms with E-state index in [1.807, 2.05) is 42.7 Å². The number of aromatic nitrogens is 5.